The van der Waals surface area contributed by atoms with Crippen LogP contribution in [0.4, 0.5) is 0 Å². The van der Waals surface area contributed by atoms with Gasteiger partial charge in [-0.05, 0) is 37.1 Å². The zero-order valence-corrected chi connectivity index (χ0v) is 18.7. The molecule has 2 amide bonds. The van der Waals surface area contributed by atoms with Gasteiger partial charge in [0.1, 0.15) is 11.3 Å². The third-order valence-electron chi connectivity index (χ3n) is 6.17. The number of hydrogen-bond acceptors (Lipinski definition) is 3. The number of nitrogens with one attached hydrogen (secondary N) is 1. The van der Waals surface area contributed by atoms with Gasteiger partial charge in [-0.15, -0.1) is 0 Å². The number of amides is 2. The Morgan fingerprint density at radius 1 is 1.06 bits per heavy atom. The maximum Gasteiger partial charge on any atom is 0.255 e. The molecular formula is C27H28N2O3. The van der Waals surface area contributed by atoms with Crippen LogP contribution in [0.15, 0.2) is 72.8 Å². The Hall–Kier alpha value is -3.60. The van der Waals surface area contributed by atoms with Crippen molar-refractivity contribution in [3.05, 3.63) is 101 Å². The van der Waals surface area contributed by atoms with E-state index in [-0.39, 0.29) is 11.8 Å². The summed E-state index contributed by atoms with van der Waals surface area (Å²) in [6.45, 7) is 4.57. The molecule has 1 aliphatic heterocycles. The van der Waals surface area contributed by atoms with Gasteiger partial charge < -0.3 is 15.0 Å². The highest BCUT2D eigenvalue weighted by molar-refractivity contribution is 6.02. The lowest BCUT2D eigenvalue weighted by atomic mass is 9.82. The maximum absolute atomic E-state index is 13.6. The van der Waals surface area contributed by atoms with E-state index in [0.717, 1.165) is 28.0 Å². The quantitative estimate of drug-likeness (QED) is 0.638. The predicted molar refractivity (Wildman–Crippen MR) is 124 cm³/mol. The van der Waals surface area contributed by atoms with E-state index in [0.29, 0.717) is 25.1 Å². The maximum atomic E-state index is 13.6. The molecule has 0 aliphatic carbocycles. The highest BCUT2D eigenvalue weighted by atomic mass is 16.5. The number of carbonyl (C=O) groups excluding carboxylic acids is 2. The summed E-state index contributed by atoms with van der Waals surface area (Å²) in [4.78, 5) is 28.8. The Balaban J connectivity index is 1.65. The van der Waals surface area contributed by atoms with Crippen LogP contribution >= 0.6 is 0 Å². The van der Waals surface area contributed by atoms with E-state index in [1.165, 1.54) is 0 Å². The fourth-order valence-corrected chi connectivity index (χ4v) is 4.38. The van der Waals surface area contributed by atoms with E-state index in [2.05, 4.69) is 11.4 Å². The summed E-state index contributed by atoms with van der Waals surface area (Å²) >= 11 is 0. The topological polar surface area (TPSA) is 58.6 Å². The molecule has 0 radical (unpaired) electrons. The number of benzene rings is 3. The van der Waals surface area contributed by atoms with Gasteiger partial charge in [-0.1, -0.05) is 66.2 Å². The predicted octanol–water partition coefficient (Wildman–Crippen LogP) is 4.28. The molecule has 5 nitrogen and oxygen atoms in total. The monoisotopic (exact) mass is 428 g/mol. The molecule has 1 aliphatic rings. The second-order valence-electron chi connectivity index (χ2n) is 8.48. The Labute approximate surface area is 189 Å². The van der Waals surface area contributed by atoms with E-state index < -0.39 is 5.54 Å². The van der Waals surface area contributed by atoms with Crippen molar-refractivity contribution in [2.45, 2.75) is 38.9 Å². The molecule has 5 heteroatoms. The van der Waals surface area contributed by atoms with Crippen molar-refractivity contribution in [1.29, 1.82) is 0 Å². The van der Waals surface area contributed by atoms with Crippen LogP contribution in [-0.4, -0.2) is 29.4 Å². The van der Waals surface area contributed by atoms with Crippen molar-refractivity contribution in [2.75, 3.05) is 7.11 Å². The van der Waals surface area contributed by atoms with Gasteiger partial charge in [0.25, 0.3) is 5.91 Å². The highest BCUT2D eigenvalue weighted by Gasteiger charge is 2.46. The number of aryl methyl sites for hydroxylation is 1. The molecule has 0 bridgehead atoms. The van der Waals surface area contributed by atoms with Gasteiger partial charge >= 0.3 is 0 Å². The number of fused-ring (bicyclic) bond motifs is 1. The van der Waals surface area contributed by atoms with Crippen molar-refractivity contribution in [2.24, 2.45) is 0 Å². The van der Waals surface area contributed by atoms with Crippen LogP contribution in [0.25, 0.3) is 0 Å². The minimum Gasteiger partial charge on any atom is -0.496 e. The molecule has 3 aromatic carbocycles. The summed E-state index contributed by atoms with van der Waals surface area (Å²) in [5.41, 5.74) is 3.55. The van der Waals surface area contributed by atoms with Gasteiger partial charge in [0, 0.05) is 30.6 Å². The number of methoxy groups -OCH3 is 1. The van der Waals surface area contributed by atoms with Crippen LogP contribution in [0.3, 0.4) is 0 Å². The first-order valence-corrected chi connectivity index (χ1v) is 10.8. The highest BCUT2D eigenvalue weighted by Crippen LogP contribution is 2.33. The molecule has 0 saturated heterocycles. The molecule has 1 atom stereocenters. The van der Waals surface area contributed by atoms with Crippen molar-refractivity contribution in [1.82, 2.24) is 10.2 Å². The van der Waals surface area contributed by atoms with Gasteiger partial charge in [-0.2, -0.15) is 0 Å². The summed E-state index contributed by atoms with van der Waals surface area (Å²) in [6, 6.07) is 23.2. The van der Waals surface area contributed by atoms with E-state index >= 15 is 0 Å². The van der Waals surface area contributed by atoms with E-state index in [9.17, 15) is 9.59 Å². The average Bonchev–Trinajstić information content (AvgIpc) is 2.80. The second kappa shape index (κ2) is 8.87. The first kappa shape index (κ1) is 21.6. The fraction of sp³-hybridized carbons (Fsp3) is 0.259. The second-order valence-corrected chi connectivity index (χ2v) is 8.48. The SMILES string of the molecule is COc1ccccc1CNC(=O)[C@]1(C)Cc2ccccc2C(=O)N1Cc1cccc(C)c1. The smallest absolute Gasteiger partial charge is 0.255 e. The third kappa shape index (κ3) is 4.11. The summed E-state index contributed by atoms with van der Waals surface area (Å²) in [5, 5.41) is 3.05. The molecule has 0 spiro atoms. The van der Waals surface area contributed by atoms with Gasteiger partial charge in [0.2, 0.25) is 5.91 Å². The summed E-state index contributed by atoms with van der Waals surface area (Å²) in [6.07, 6.45) is 0.457. The van der Waals surface area contributed by atoms with Crippen LogP contribution in [0.5, 0.6) is 5.75 Å². The van der Waals surface area contributed by atoms with E-state index in [1.807, 2.05) is 80.6 Å². The number of nitrogens with zero attached hydrogens (tertiary/aromatic N) is 1. The lowest BCUT2D eigenvalue weighted by Crippen LogP contribution is -2.62. The largest absolute Gasteiger partial charge is 0.496 e. The average molecular weight is 429 g/mol. The molecule has 0 saturated carbocycles. The number of ether oxygens (including phenoxy) is 1. The fourth-order valence-electron chi connectivity index (χ4n) is 4.38. The van der Waals surface area contributed by atoms with Gasteiger partial charge in [0.05, 0.1) is 7.11 Å². The molecular weight excluding hydrogens is 400 g/mol. The summed E-state index contributed by atoms with van der Waals surface area (Å²) in [5.74, 6) is 0.418. The van der Waals surface area contributed by atoms with Gasteiger partial charge in [0.15, 0.2) is 0 Å². The van der Waals surface area contributed by atoms with Crippen LogP contribution in [0, 0.1) is 6.92 Å². The Bertz CT molecular complexity index is 1160. The Morgan fingerprint density at radius 2 is 1.81 bits per heavy atom. The van der Waals surface area contributed by atoms with Gasteiger partial charge in [-0.25, -0.2) is 0 Å². The van der Waals surface area contributed by atoms with Crippen molar-refractivity contribution in [3.8, 4) is 5.75 Å². The van der Waals surface area contributed by atoms with Crippen molar-refractivity contribution in [3.63, 3.8) is 0 Å². The molecule has 0 fully saturated rings. The molecule has 32 heavy (non-hydrogen) atoms. The minimum atomic E-state index is -1.02. The molecule has 0 aromatic heterocycles. The van der Waals surface area contributed by atoms with E-state index in [4.69, 9.17) is 4.74 Å². The van der Waals surface area contributed by atoms with Crippen molar-refractivity contribution < 1.29 is 14.3 Å². The third-order valence-corrected chi connectivity index (χ3v) is 6.17. The Morgan fingerprint density at radius 3 is 2.59 bits per heavy atom. The lowest BCUT2D eigenvalue weighted by Gasteiger charge is -2.44. The number of rotatable bonds is 6. The standard InChI is InChI=1S/C27H28N2O3/c1-19-9-8-10-20(15-19)18-29-25(30)23-13-6-4-11-21(23)16-27(29,2)26(31)28-17-22-12-5-7-14-24(22)32-3/h4-15H,16-18H2,1-3H3,(H,28,31)/t27-/m0/s1. The van der Waals surface area contributed by atoms with Crippen LogP contribution < -0.4 is 10.1 Å². The zero-order valence-electron chi connectivity index (χ0n) is 18.7. The summed E-state index contributed by atoms with van der Waals surface area (Å²) < 4.78 is 5.41. The van der Waals surface area contributed by atoms with E-state index in [1.54, 1.807) is 12.0 Å². The molecule has 0 unspecified atom stereocenters. The first-order valence-electron chi connectivity index (χ1n) is 10.8. The van der Waals surface area contributed by atoms with Crippen LogP contribution in [0.2, 0.25) is 0 Å². The first-order chi connectivity index (χ1) is 15.4. The van der Waals surface area contributed by atoms with Crippen LogP contribution in [-0.2, 0) is 24.3 Å². The summed E-state index contributed by atoms with van der Waals surface area (Å²) in [7, 11) is 1.61. The molecule has 3 aromatic rings. The van der Waals surface area contributed by atoms with Crippen molar-refractivity contribution >= 4 is 11.8 Å². The van der Waals surface area contributed by atoms with Crippen LogP contribution in [0.1, 0.15) is 39.5 Å². The molecule has 4 rings (SSSR count). The number of para-hydroxylation sites is 1. The molecule has 164 valence electrons. The minimum absolute atomic E-state index is 0.122. The molecule has 1 N–H and O–H groups in total. The zero-order chi connectivity index (χ0) is 22.7. The normalized spacial score (nSPS) is 17.6. The molecule has 1 heterocycles. The van der Waals surface area contributed by atoms with Gasteiger partial charge in [-0.3, -0.25) is 9.59 Å². The number of hydrogen-bond donors (Lipinski definition) is 1. The Kier molecular flexibility index (Phi) is 5.99. The lowest BCUT2D eigenvalue weighted by molar-refractivity contribution is -0.132. The number of carbonyl (C=O) groups is 2.